The van der Waals surface area contributed by atoms with Crippen molar-refractivity contribution in [3.8, 4) is 22.8 Å². The summed E-state index contributed by atoms with van der Waals surface area (Å²) in [5.41, 5.74) is -0.524. The van der Waals surface area contributed by atoms with Crippen LogP contribution < -0.4 is 24.8 Å². The molecule has 2 unspecified atom stereocenters. The molecule has 3 aliphatic rings. The molecule has 0 radical (unpaired) electrons. The van der Waals surface area contributed by atoms with E-state index in [2.05, 4.69) is 21.9 Å². The third-order valence-electron chi connectivity index (χ3n) is 10.3. The van der Waals surface area contributed by atoms with Crippen LogP contribution in [0.3, 0.4) is 0 Å². The summed E-state index contributed by atoms with van der Waals surface area (Å²) >= 11 is 0. The number of morpholine rings is 1. The first-order valence-corrected chi connectivity index (χ1v) is 19.8. The minimum atomic E-state index is -4.25. The molecule has 3 fully saturated rings. The van der Waals surface area contributed by atoms with Crippen LogP contribution in [0.15, 0.2) is 67.3 Å². The number of hydrogen-bond donors (Lipinski definition) is 3. The van der Waals surface area contributed by atoms with Gasteiger partial charge in [0.2, 0.25) is 11.8 Å². The molecule has 0 bridgehead atoms. The van der Waals surface area contributed by atoms with Crippen molar-refractivity contribution in [2.45, 2.75) is 63.9 Å². The van der Waals surface area contributed by atoms with Crippen LogP contribution in [0.5, 0.6) is 11.5 Å². The number of ether oxygens (including phenoxy) is 4. The van der Waals surface area contributed by atoms with Crippen molar-refractivity contribution >= 4 is 44.9 Å². The zero-order valence-corrected chi connectivity index (χ0v) is 32.9. The second-order valence-electron chi connectivity index (χ2n) is 15.1. The summed E-state index contributed by atoms with van der Waals surface area (Å²) in [5, 5.41) is 6.04. The number of nitrogens with one attached hydrogen (secondary N) is 3. The van der Waals surface area contributed by atoms with Crippen LogP contribution >= 0.6 is 0 Å². The van der Waals surface area contributed by atoms with Crippen molar-refractivity contribution < 1.29 is 46.5 Å². The molecule has 16 nitrogen and oxygen atoms in total. The summed E-state index contributed by atoms with van der Waals surface area (Å²) < 4.78 is 51.9. The average molecular weight is 793 g/mol. The second kappa shape index (κ2) is 16.1. The molecule has 0 spiro atoms. The molecule has 3 heterocycles. The van der Waals surface area contributed by atoms with Crippen molar-refractivity contribution in [2.75, 3.05) is 40.5 Å². The van der Waals surface area contributed by atoms with Gasteiger partial charge in [-0.15, -0.1) is 6.58 Å². The van der Waals surface area contributed by atoms with E-state index >= 15 is 0 Å². The lowest BCUT2D eigenvalue weighted by Crippen LogP contribution is -2.62. The number of alkyl carbamates (subject to hydrolysis) is 1. The Bertz CT molecular complexity index is 2100. The molecule has 4 amide bonds. The number of fused-ring (bicyclic) bond motifs is 1. The lowest BCUT2D eigenvalue weighted by atomic mass is 9.85. The Labute approximate surface area is 326 Å². The van der Waals surface area contributed by atoms with E-state index in [0.29, 0.717) is 28.1 Å². The Morgan fingerprint density at radius 3 is 2.38 bits per heavy atom. The van der Waals surface area contributed by atoms with Crippen LogP contribution in [-0.2, 0) is 34.1 Å². The van der Waals surface area contributed by atoms with Gasteiger partial charge in [0.25, 0.3) is 5.91 Å². The van der Waals surface area contributed by atoms with E-state index in [1.807, 2.05) is 30.3 Å². The van der Waals surface area contributed by atoms with Crippen molar-refractivity contribution in [3.63, 3.8) is 0 Å². The van der Waals surface area contributed by atoms with Gasteiger partial charge >= 0.3 is 16.3 Å². The number of amides is 4. The quantitative estimate of drug-likeness (QED) is 0.228. The van der Waals surface area contributed by atoms with E-state index in [1.54, 1.807) is 52.1 Å². The Balaban J connectivity index is 1.36. The first-order valence-electron chi connectivity index (χ1n) is 18.3. The summed E-state index contributed by atoms with van der Waals surface area (Å²) in [4.78, 5) is 61.7. The number of carbonyl (C=O) groups is 4. The van der Waals surface area contributed by atoms with Crippen LogP contribution in [0, 0.1) is 11.3 Å². The number of pyridine rings is 1. The number of likely N-dealkylation sites (tertiary alicyclic amines) is 1. The third kappa shape index (κ3) is 8.29. The number of rotatable bonds is 12. The monoisotopic (exact) mass is 792 g/mol. The number of carbonyl (C=O) groups excluding carboxylic acids is 4. The van der Waals surface area contributed by atoms with Crippen molar-refractivity contribution in [3.05, 3.63) is 67.3 Å². The zero-order valence-electron chi connectivity index (χ0n) is 32.1. The van der Waals surface area contributed by atoms with Crippen LogP contribution in [-0.4, -0.2) is 111 Å². The number of methoxy groups -OCH3 is 2. The minimum Gasteiger partial charge on any atom is -0.497 e. The molecule has 2 aliphatic heterocycles. The van der Waals surface area contributed by atoms with Crippen LogP contribution in [0.25, 0.3) is 22.2 Å². The molecule has 2 saturated heterocycles. The highest BCUT2D eigenvalue weighted by Gasteiger charge is 2.62. The van der Waals surface area contributed by atoms with Gasteiger partial charge < -0.3 is 29.6 Å². The van der Waals surface area contributed by atoms with Gasteiger partial charge in [-0.05, 0) is 30.4 Å². The second-order valence-corrected chi connectivity index (χ2v) is 16.7. The van der Waals surface area contributed by atoms with Crippen LogP contribution in [0.2, 0.25) is 0 Å². The highest BCUT2D eigenvalue weighted by atomic mass is 32.2. The number of nitrogens with zero attached hydrogens (tertiary/aromatic N) is 3. The van der Waals surface area contributed by atoms with Gasteiger partial charge in [-0.3, -0.25) is 19.3 Å². The van der Waals surface area contributed by atoms with Crippen molar-refractivity contribution in [1.82, 2.24) is 29.5 Å². The minimum absolute atomic E-state index is 0.0646. The van der Waals surface area contributed by atoms with Gasteiger partial charge in [0.15, 0.2) is 6.23 Å². The molecule has 17 heteroatoms. The van der Waals surface area contributed by atoms with E-state index in [4.69, 9.17) is 23.9 Å². The van der Waals surface area contributed by atoms with Crippen LogP contribution in [0.4, 0.5) is 4.79 Å². The SMILES string of the molecule is C=CC1CC1(NC(=O)[C@@H]1CC[C@@H](Oc2cc(-c3ccccc3)nc3cc(OC)ccc23)N1C(=O)[C@H](NC(=O)OC)C(C)(C)C)C(=O)NS(=O)(=O)N1CCOCC1. The molecule has 1 aromatic heterocycles. The van der Waals surface area contributed by atoms with Gasteiger partial charge in [0.05, 0.1) is 38.6 Å². The maximum absolute atomic E-state index is 14.8. The largest absolute Gasteiger partial charge is 0.497 e. The molecule has 2 aromatic carbocycles. The lowest BCUT2D eigenvalue weighted by Gasteiger charge is -2.37. The maximum Gasteiger partial charge on any atom is 0.407 e. The molecule has 1 saturated carbocycles. The summed E-state index contributed by atoms with van der Waals surface area (Å²) in [6.45, 7) is 9.55. The molecule has 3 aromatic rings. The summed E-state index contributed by atoms with van der Waals surface area (Å²) in [6.07, 6.45) is 0.00338. The van der Waals surface area contributed by atoms with Gasteiger partial charge in [-0.25, -0.2) is 14.5 Å². The molecular weight excluding hydrogens is 745 g/mol. The average Bonchev–Trinajstić information content (AvgIpc) is 3.75. The predicted molar refractivity (Wildman–Crippen MR) is 205 cm³/mol. The smallest absolute Gasteiger partial charge is 0.407 e. The zero-order chi connectivity index (χ0) is 40.4. The third-order valence-corrected chi connectivity index (χ3v) is 11.8. The Hall–Kier alpha value is -5.26. The van der Waals surface area contributed by atoms with E-state index < -0.39 is 69.2 Å². The van der Waals surface area contributed by atoms with E-state index in [-0.39, 0.29) is 45.6 Å². The first kappa shape index (κ1) is 40.4. The highest BCUT2D eigenvalue weighted by molar-refractivity contribution is 7.87. The number of hydrogen-bond acceptors (Lipinski definition) is 11. The molecule has 5 atom stereocenters. The van der Waals surface area contributed by atoms with Gasteiger partial charge in [-0.1, -0.05) is 57.2 Å². The summed E-state index contributed by atoms with van der Waals surface area (Å²) in [6, 6.07) is 14.2. The lowest BCUT2D eigenvalue weighted by molar-refractivity contribution is -0.149. The molecule has 56 heavy (non-hydrogen) atoms. The Morgan fingerprint density at radius 1 is 1.04 bits per heavy atom. The fourth-order valence-corrected chi connectivity index (χ4v) is 8.30. The molecule has 6 rings (SSSR count). The molecule has 1 aliphatic carbocycles. The van der Waals surface area contributed by atoms with Crippen LogP contribution in [0.1, 0.15) is 40.0 Å². The summed E-state index contributed by atoms with van der Waals surface area (Å²) in [7, 11) is -1.52. The highest BCUT2D eigenvalue weighted by Crippen LogP contribution is 2.45. The van der Waals surface area contributed by atoms with Gasteiger partial charge in [-0.2, -0.15) is 12.7 Å². The van der Waals surface area contributed by atoms with E-state index in [9.17, 15) is 27.6 Å². The fourth-order valence-electron chi connectivity index (χ4n) is 7.12. The van der Waals surface area contributed by atoms with E-state index in [1.165, 1.54) is 18.1 Å². The molecule has 300 valence electrons. The Morgan fingerprint density at radius 2 is 1.75 bits per heavy atom. The summed E-state index contributed by atoms with van der Waals surface area (Å²) in [5.74, 6) is -1.87. The first-order chi connectivity index (χ1) is 26.6. The predicted octanol–water partition coefficient (Wildman–Crippen LogP) is 3.13. The van der Waals surface area contributed by atoms with Crippen molar-refractivity contribution in [1.29, 1.82) is 0 Å². The number of benzene rings is 2. The molecular formula is C39H48N6O10S. The maximum atomic E-state index is 14.8. The van der Waals surface area contributed by atoms with Gasteiger partial charge in [0.1, 0.15) is 29.1 Å². The van der Waals surface area contributed by atoms with Gasteiger partial charge in [0, 0.05) is 48.5 Å². The van der Waals surface area contributed by atoms with Crippen molar-refractivity contribution in [2.24, 2.45) is 11.3 Å². The standard InChI is InChI=1S/C39H48N6O10S/c1-7-25-23-39(25,36(48)43-56(50,51)44-17-19-54-20-18-44)42-34(46)30-15-16-32(45(30)35(47)33(38(2,3)4)41-37(49)53-6)55-31-22-28(24-11-9-8-10-12-24)40-29-21-26(52-5)13-14-27(29)31/h7-14,21-22,25,30,32-33H,1,15-20,23H2,2-6H3,(H,41,49)(H,42,46)(H,43,48)/t25?,30-,32+,33-,39?/m0/s1. The normalized spacial score (nSPS) is 23.1. The molecule has 3 N–H and O–H groups in total. The van der Waals surface area contributed by atoms with E-state index in [0.717, 1.165) is 9.87 Å². The fraction of sp³-hybridized carbons (Fsp3) is 0.462. The topological polar surface area (TPSA) is 195 Å². The Kier molecular flexibility index (Phi) is 11.6. The number of aromatic nitrogens is 1.